The highest BCUT2D eigenvalue weighted by Gasteiger charge is 2.36. The van der Waals surface area contributed by atoms with Crippen molar-refractivity contribution in [1.29, 1.82) is 0 Å². The molecule has 9 heteroatoms. The number of rotatable bonds is 10. The molecule has 0 bridgehead atoms. The molecule has 3 aromatic rings. The number of carboxylic acid groups (broad SMARTS) is 1. The Morgan fingerprint density at radius 2 is 2.16 bits per heavy atom. The number of aryl methyl sites for hydroxylation is 1. The molecule has 5 heterocycles. The third-order valence-electron chi connectivity index (χ3n) is 8.27. The molecule has 38 heavy (non-hydrogen) atoms. The summed E-state index contributed by atoms with van der Waals surface area (Å²) >= 11 is 0. The number of aliphatic carboxylic acids is 1. The van der Waals surface area contributed by atoms with Gasteiger partial charge in [0.05, 0.1) is 30.5 Å². The number of carbonyl (C=O) groups is 1. The Morgan fingerprint density at radius 1 is 1.21 bits per heavy atom. The van der Waals surface area contributed by atoms with Crippen molar-refractivity contribution < 1.29 is 19.4 Å². The SMILES string of the molecule is O=C(O)C(c1cccc2cnn(C3CCOC3)c12)N1CC[C@@H](OCCCCC2CCc3cccnc3N2)C1. The van der Waals surface area contributed by atoms with Crippen LogP contribution < -0.4 is 5.32 Å². The van der Waals surface area contributed by atoms with Crippen LogP contribution in [0.3, 0.4) is 0 Å². The van der Waals surface area contributed by atoms with Gasteiger partial charge in [0.15, 0.2) is 0 Å². The Hall–Kier alpha value is -3.01. The maximum absolute atomic E-state index is 12.6. The average Bonchev–Trinajstić information content (AvgIpc) is 3.70. The number of fused-ring (bicyclic) bond motifs is 2. The summed E-state index contributed by atoms with van der Waals surface area (Å²) in [7, 11) is 0. The number of hydrogen-bond acceptors (Lipinski definition) is 7. The van der Waals surface area contributed by atoms with Gasteiger partial charge in [-0.15, -0.1) is 0 Å². The van der Waals surface area contributed by atoms with E-state index in [1.807, 2.05) is 41.3 Å². The van der Waals surface area contributed by atoms with Crippen LogP contribution in [0.1, 0.15) is 61.7 Å². The summed E-state index contributed by atoms with van der Waals surface area (Å²) < 4.78 is 13.8. The Morgan fingerprint density at radius 3 is 3.03 bits per heavy atom. The highest BCUT2D eigenvalue weighted by Crippen LogP contribution is 2.34. The van der Waals surface area contributed by atoms with Crippen LogP contribution in [0, 0.1) is 0 Å². The highest BCUT2D eigenvalue weighted by molar-refractivity contribution is 5.88. The van der Waals surface area contributed by atoms with Crippen molar-refractivity contribution in [3.8, 4) is 0 Å². The first-order chi connectivity index (χ1) is 18.7. The van der Waals surface area contributed by atoms with Crippen molar-refractivity contribution in [3.63, 3.8) is 0 Å². The van der Waals surface area contributed by atoms with Gasteiger partial charge in [0.25, 0.3) is 0 Å². The molecule has 1 aromatic carbocycles. The van der Waals surface area contributed by atoms with Gasteiger partial charge in [-0.3, -0.25) is 14.4 Å². The molecule has 4 atom stereocenters. The zero-order valence-corrected chi connectivity index (χ0v) is 21.8. The number of anilines is 1. The minimum atomic E-state index is -0.829. The van der Waals surface area contributed by atoms with Crippen LogP contribution in [0.2, 0.25) is 0 Å². The van der Waals surface area contributed by atoms with E-state index in [4.69, 9.17) is 9.47 Å². The van der Waals surface area contributed by atoms with Crippen LogP contribution in [0.15, 0.2) is 42.7 Å². The van der Waals surface area contributed by atoms with Gasteiger partial charge < -0.3 is 19.9 Å². The number of likely N-dealkylation sites (tertiary alicyclic amines) is 1. The molecule has 0 spiro atoms. The molecule has 2 N–H and O–H groups in total. The molecule has 0 saturated carbocycles. The van der Waals surface area contributed by atoms with Crippen molar-refractivity contribution in [3.05, 3.63) is 53.9 Å². The molecule has 9 nitrogen and oxygen atoms in total. The molecule has 3 unspecified atom stereocenters. The predicted octanol–water partition coefficient (Wildman–Crippen LogP) is 4.21. The largest absolute Gasteiger partial charge is 0.480 e. The fraction of sp³-hybridized carbons (Fsp3) is 0.552. The topological polar surface area (TPSA) is 102 Å². The van der Waals surface area contributed by atoms with E-state index in [1.54, 1.807) is 0 Å². The first-order valence-electron chi connectivity index (χ1n) is 14.0. The van der Waals surface area contributed by atoms with Crippen molar-refractivity contribution in [1.82, 2.24) is 19.7 Å². The normalized spacial score (nSPS) is 24.4. The second kappa shape index (κ2) is 11.4. The van der Waals surface area contributed by atoms with Gasteiger partial charge in [0, 0.05) is 49.5 Å². The van der Waals surface area contributed by atoms with Gasteiger partial charge in [-0.1, -0.05) is 24.3 Å². The van der Waals surface area contributed by atoms with Crippen LogP contribution >= 0.6 is 0 Å². The van der Waals surface area contributed by atoms with Crippen molar-refractivity contribution in [2.24, 2.45) is 0 Å². The molecule has 6 rings (SSSR count). The van der Waals surface area contributed by atoms with E-state index in [0.717, 1.165) is 67.2 Å². The maximum atomic E-state index is 12.6. The fourth-order valence-corrected chi connectivity index (χ4v) is 6.28. The molecule has 0 radical (unpaired) electrons. The van der Waals surface area contributed by atoms with E-state index in [-0.39, 0.29) is 12.1 Å². The Kier molecular flexibility index (Phi) is 7.58. The van der Waals surface area contributed by atoms with Crippen LogP contribution in [0.4, 0.5) is 5.82 Å². The number of ether oxygens (including phenoxy) is 2. The monoisotopic (exact) mass is 519 g/mol. The molecule has 2 fully saturated rings. The number of carboxylic acids is 1. The molecule has 0 amide bonds. The fourth-order valence-electron chi connectivity index (χ4n) is 6.28. The van der Waals surface area contributed by atoms with Crippen LogP contribution in [0.5, 0.6) is 0 Å². The summed E-state index contributed by atoms with van der Waals surface area (Å²) in [6, 6.07) is 9.93. The Labute approximate surface area is 223 Å². The van der Waals surface area contributed by atoms with E-state index in [2.05, 4.69) is 26.4 Å². The number of nitrogens with zero attached hydrogens (tertiary/aromatic N) is 4. The van der Waals surface area contributed by atoms with Crippen LogP contribution in [0.25, 0.3) is 10.9 Å². The first-order valence-corrected chi connectivity index (χ1v) is 14.0. The van der Waals surface area contributed by atoms with Crippen molar-refractivity contribution in [2.75, 3.05) is 38.2 Å². The van der Waals surface area contributed by atoms with Gasteiger partial charge >= 0.3 is 5.97 Å². The van der Waals surface area contributed by atoms with E-state index in [9.17, 15) is 9.90 Å². The number of para-hydroxylation sites is 1. The third kappa shape index (κ3) is 5.28. The van der Waals surface area contributed by atoms with Gasteiger partial charge in [-0.05, 0) is 56.6 Å². The van der Waals surface area contributed by atoms with Gasteiger partial charge in [0.1, 0.15) is 11.9 Å². The zero-order valence-electron chi connectivity index (χ0n) is 21.8. The number of nitrogens with one attached hydrogen (secondary N) is 1. The van der Waals surface area contributed by atoms with Gasteiger partial charge in [0.2, 0.25) is 0 Å². The second-order valence-corrected chi connectivity index (χ2v) is 10.8. The lowest BCUT2D eigenvalue weighted by Crippen LogP contribution is -2.34. The predicted molar refractivity (Wildman–Crippen MR) is 144 cm³/mol. The average molecular weight is 520 g/mol. The molecule has 3 aliphatic heterocycles. The Balaban J connectivity index is 1.03. The van der Waals surface area contributed by atoms with Crippen LogP contribution in [-0.2, 0) is 20.7 Å². The smallest absolute Gasteiger partial charge is 0.325 e. The molecule has 3 aliphatic rings. The number of pyridine rings is 1. The van der Waals surface area contributed by atoms with Gasteiger partial charge in [-0.2, -0.15) is 5.10 Å². The minimum Gasteiger partial charge on any atom is -0.480 e. The standard InChI is InChI=1S/C29H37N5O4/c35-29(36)27(25-8-3-5-21-17-31-34(26(21)25)23-12-16-37-19-23)33-14-11-24(18-33)38-15-2-1-7-22-10-9-20-6-4-13-30-28(20)32-22/h3-6,8,13,17,22-24,27H,1-2,7,9-12,14-16,18-19H2,(H,30,32)(H,35,36)/t22?,23?,24-,27?/m1/s1. The van der Waals surface area contributed by atoms with E-state index in [1.165, 1.54) is 5.56 Å². The van der Waals surface area contributed by atoms with E-state index < -0.39 is 12.0 Å². The molecule has 2 saturated heterocycles. The zero-order chi connectivity index (χ0) is 25.9. The van der Waals surface area contributed by atoms with Gasteiger partial charge in [-0.25, -0.2) is 4.98 Å². The first kappa shape index (κ1) is 25.3. The minimum absolute atomic E-state index is 0.0630. The summed E-state index contributed by atoms with van der Waals surface area (Å²) in [6.07, 6.45) is 10.9. The molecule has 202 valence electrons. The molecular formula is C29H37N5O4. The number of hydrogen-bond donors (Lipinski definition) is 2. The number of benzene rings is 1. The lowest BCUT2D eigenvalue weighted by atomic mass is 9.97. The molecular weight excluding hydrogens is 482 g/mol. The highest BCUT2D eigenvalue weighted by atomic mass is 16.5. The van der Waals surface area contributed by atoms with Crippen molar-refractivity contribution >= 4 is 22.7 Å². The van der Waals surface area contributed by atoms with Crippen molar-refractivity contribution in [2.45, 2.75) is 69.2 Å². The van der Waals surface area contributed by atoms with E-state index in [0.29, 0.717) is 39.0 Å². The molecule has 2 aromatic heterocycles. The maximum Gasteiger partial charge on any atom is 0.325 e. The summed E-state index contributed by atoms with van der Waals surface area (Å²) in [5, 5.41) is 19.5. The summed E-state index contributed by atoms with van der Waals surface area (Å²) in [4.78, 5) is 19.1. The third-order valence-corrected chi connectivity index (χ3v) is 8.27. The second-order valence-electron chi connectivity index (χ2n) is 10.8. The number of aromatic nitrogens is 3. The quantitative estimate of drug-likeness (QED) is 0.384. The molecule has 0 aliphatic carbocycles. The summed E-state index contributed by atoms with van der Waals surface area (Å²) in [6.45, 7) is 3.37. The lowest BCUT2D eigenvalue weighted by Gasteiger charge is -2.26. The summed E-state index contributed by atoms with van der Waals surface area (Å²) in [5.74, 6) is 0.207. The van der Waals surface area contributed by atoms with E-state index >= 15 is 0 Å². The lowest BCUT2D eigenvalue weighted by molar-refractivity contribution is -0.143. The summed E-state index contributed by atoms with van der Waals surface area (Å²) in [5.41, 5.74) is 3.02. The Bertz CT molecular complexity index is 1260. The number of unbranched alkanes of at least 4 members (excludes halogenated alkanes) is 1. The van der Waals surface area contributed by atoms with Crippen LogP contribution in [-0.4, -0.2) is 75.8 Å².